The molecule has 0 radical (unpaired) electrons. The maximum Gasteiger partial charge on any atom is 0.0998 e. The van der Waals surface area contributed by atoms with Gasteiger partial charge < -0.3 is 0 Å². The van der Waals surface area contributed by atoms with Gasteiger partial charge in [-0.25, -0.2) is 4.89 Å². The molecule has 0 unspecified atom stereocenters. The summed E-state index contributed by atoms with van der Waals surface area (Å²) in [6.07, 6.45) is 1.46. The second-order valence-electron chi connectivity index (χ2n) is 3.15. The molecule has 3 N–H and O–H groups in total. The molecule has 0 saturated carbocycles. The number of rotatable bonds is 3. The monoisotopic (exact) mass is 228 g/mol. The van der Waals surface area contributed by atoms with E-state index in [2.05, 4.69) is 49.6 Å². The lowest BCUT2D eigenvalue weighted by molar-refractivity contribution is -0.231. The van der Waals surface area contributed by atoms with Crippen LogP contribution in [0.5, 0.6) is 0 Å². The van der Waals surface area contributed by atoms with E-state index in [0.29, 0.717) is 5.92 Å². The highest BCUT2D eigenvalue weighted by molar-refractivity contribution is 5.17. The Morgan fingerprint density at radius 2 is 1.75 bits per heavy atom. The molecular formula is C12H20O4. The fraction of sp³-hybridized carbons (Fsp3) is 0.333. The molecule has 16 heavy (non-hydrogen) atoms. The van der Waals surface area contributed by atoms with Crippen molar-refractivity contribution in [3.05, 3.63) is 48.6 Å². The molecule has 0 amide bonds. The molecule has 1 rings (SSSR count). The van der Waals surface area contributed by atoms with Crippen molar-refractivity contribution in [1.29, 1.82) is 0 Å². The Kier molecular flexibility index (Phi) is 14.8. The quantitative estimate of drug-likeness (QED) is 0.421. The molecular weight excluding hydrogens is 208 g/mol. The molecule has 0 aliphatic rings. The third-order valence-electron chi connectivity index (χ3n) is 1.66. The Hall–Kier alpha value is -1.20. The SMILES string of the molecule is C=CCOO.CC(C)c1ccccc1.OO. The summed E-state index contributed by atoms with van der Waals surface area (Å²) < 4.78 is 0. The zero-order valence-corrected chi connectivity index (χ0v) is 9.71. The van der Waals surface area contributed by atoms with E-state index in [1.54, 1.807) is 0 Å². The molecule has 92 valence electrons. The van der Waals surface area contributed by atoms with E-state index in [0.717, 1.165) is 0 Å². The van der Waals surface area contributed by atoms with Gasteiger partial charge in [-0.1, -0.05) is 50.3 Å². The van der Waals surface area contributed by atoms with Gasteiger partial charge in [-0.2, -0.15) is 0 Å². The van der Waals surface area contributed by atoms with Gasteiger partial charge in [0, 0.05) is 0 Å². The summed E-state index contributed by atoms with van der Waals surface area (Å²) in [6, 6.07) is 10.5. The van der Waals surface area contributed by atoms with Gasteiger partial charge in [-0.05, 0) is 11.5 Å². The van der Waals surface area contributed by atoms with E-state index < -0.39 is 0 Å². The van der Waals surface area contributed by atoms with Crippen molar-refractivity contribution >= 4 is 0 Å². The largest absolute Gasteiger partial charge is 0.255 e. The molecule has 0 heterocycles. The van der Waals surface area contributed by atoms with Crippen LogP contribution in [-0.2, 0) is 4.89 Å². The highest BCUT2D eigenvalue weighted by Gasteiger charge is 1.93. The first-order chi connectivity index (χ1) is 7.72. The lowest BCUT2D eigenvalue weighted by Gasteiger charge is -2.01. The van der Waals surface area contributed by atoms with Crippen LogP contribution in [0.25, 0.3) is 0 Å². The molecule has 0 saturated heterocycles. The van der Waals surface area contributed by atoms with E-state index in [4.69, 9.17) is 15.8 Å². The first-order valence-corrected chi connectivity index (χ1v) is 4.84. The standard InChI is InChI=1S/C9H12.C3H6O2.H2O2/c1-8(2)9-6-4-3-5-7-9;1-2-3-5-4;1-2/h3-8H,1-2H3;2,4H,1,3H2;1-2H. The molecule has 1 aromatic carbocycles. The van der Waals surface area contributed by atoms with Crippen molar-refractivity contribution in [2.24, 2.45) is 0 Å². The van der Waals surface area contributed by atoms with Crippen LogP contribution >= 0.6 is 0 Å². The van der Waals surface area contributed by atoms with Gasteiger partial charge in [-0.15, -0.1) is 6.58 Å². The third-order valence-corrected chi connectivity index (χ3v) is 1.66. The van der Waals surface area contributed by atoms with Crippen molar-refractivity contribution < 1.29 is 20.7 Å². The van der Waals surface area contributed by atoms with Gasteiger partial charge in [0.1, 0.15) is 0 Å². The second-order valence-corrected chi connectivity index (χ2v) is 3.15. The lowest BCUT2D eigenvalue weighted by Crippen LogP contribution is -1.83. The van der Waals surface area contributed by atoms with Crippen molar-refractivity contribution in [2.75, 3.05) is 6.61 Å². The van der Waals surface area contributed by atoms with E-state index in [1.807, 2.05) is 6.07 Å². The van der Waals surface area contributed by atoms with Gasteiger partial charge in [0.25, 0.3) is 0 Å². The molecule has 0 atom stereocenters. The van der Waals surface area contributed by atoms with Gasteiger partial charge in [0.2, 0.25) is 0 Å². The van der Waals surface area contributed by atoms with Crippen LogP contribution in [0.2, 0.25) is 0 Å². The highest BCUT2D eigenvalue weighted by atomic mass is 17.1. The smallest absolute Gasteiger partial charge is 0.0998 e. The van der Waals surface area contributed by atoms with Gasteiger partial charge in [-0.3, -0.25) is 15.8 Å². The van der Waals surface area contributed by atoms with Crippen LogP contribution in [0.4, 0.5) is 0 Å². The Balaban J connectivity index is 0. The average molecular weight is 228 g/mol. The van der Waals surface area contributed by atoms with E-state index in [-0.39, 0.29) is 6.61 Å². The highest BCUT2D eigenvalue weighted by Crippen LogP contribution is 2.11. The zero-order valence-electron chi connectivity index (χ0n) is 9.71. The number of hydrogen-bond donors (Lipinski definition) is 3. The molecule has 0 aromatic heterocycles. The summed E-state index contributed by atoms with van der Waals surface area (Å²) in [6.45, 7) is 7.88. The predicted octanol–water partition coefficient (Wildman–Crippen LogP) is 3.49. The first-order valence-electron chi connectivity index (χ1n) is 4.84. The molecule has 0 spiro atoms. The van der Waals surface area contributed by atoms with Crippen molar-refractivity contribution in [3.63, 3.8) is 0 Å². The Morgan fingerprint density at radius 1 is 1.25 bits per heavy atom. The van der Waals surface area contributed by atoms with Crippen molar-refractivity contribution in [1.82, 2.24) is 0 Å². The van der Waals surface area contributed by atoms with Crippen LogP contribution in [0.15, 0.2) is 43.0 Å². The van der Waals surface area contributed by atoms with Gasteiger partial charge in [0.15, 0.2) is 0 Å². The molecule has 1 aromatic rings. The van der Waals surface area contributed by atoms with Crippen LogP contribution in [0, 0.1) is 0 Å². The Labute approximate surface area is 96.3 Å². The summed E-state index contributed by atoms with van der Waals surface area (Å²) in [4.78, 5) is 3.57. The predicted molar refractivity (Wildman–Crippen MR) is 64.6 cm³/mol. The van der Waals surface area contributed by atoms with E-state index >= 15 is 0 Å². The average Bonchev–Trinajstić information content (AvgIpc) is 2.34. The van der Waals surface area contributed by atoms with Crippen molar-refractivity contribution in [3.8, 4) is 0 Å². The first kappa shape index (κ1) is 17.2. The maximum atomic E-state index is 7.50. The van der Waals surface area contributed by atoms with Crippen molar-refractivity contribution in [2.45, 2.75) is 19.8 Å². The second kappa shape index (κ2) is 13.8. The van der Waals surface area contributed by atoms with E-state index in [9.17, 15) is 0 Å². The normalized spacial score (nSPS) is 8.38. The van der Waals surface area contributed by atoms with Crippen LogP contribution in [0.3, 0.4) is 0 Å². The Bertz CT molecular complexity index is 234. The van der Waals surface area contributed by atoms with Crippen LogP contribution in [-0.4, -0.2) is 22.4 Å². The minimum Gasteiger partial charge on any atom is -0.255 e. The van der Waals surface area contributed by atoms with E-state index in [1.165, 1.54) is 11.6 Å². The molecule has 0 aliphatic carbocycles. The lowest BCUT2D eigenvalue weighted by atomic mass is 10.0. The fourth-order valence-corrected chi connectivity index (χ4v) is 0.891. The summed E-state index contributed by atoms with van der Waals surface area (Å²) in [7, 11) is 0. The molecule has 0 aliphatic heterocycles. The summed E-state index contributed by atoms with van der Waals surface area (Å²) in [5, 5.41) is 19.5. The molecule has 4 nitrogen and oxygen atoms in total. The zero-order chi connectivity index (χ0) is 12.8. The maximum absolute atomic E-state index is 7.50. The fourth-order valence-electron chi connectivity index (χ4n) is 0.891. The van der Waals surface area contributed by atoms with Gasteiger partial charge >= 0.3 is 0 Å². The minimum absolute atomic E-state index is 0.208. The molecule has 4 heteroatoms. The molecule has 0 fully saturated rings. The van der Waals surface area contributed by atoms with Crippen LogP contribution in [0.1, 0.15) is 25.3 Å². The minimum atomic E-state index is 0.208. The topological polar surface area (TPSA) is 69.9 Å². The summed E-state index contributed by atoms with van der Waals surface area (Å²) in [5.41, 5.74) is 1.41. The summed E-state index contributed by atoms with van der Waals surface area (Å²) in [5.74, 6) is 0.659. The summed E-state index contributed by atoms with van der Waals surface area (Å²) >= 11 is 0. The number of benzene rings is 1. The molecule has 0 bridgehead atoms. The third kappa shape index (κ3) is 10.9. The van der Waals surface area contributed by atoms with Crippen LogP contribution < -0.4 is 0 Å². The van der Waals surface area contributed by atoms with Gasteiger partial charge in [0.05, 0.1) is 6.61 Å². The Morgan fingerprint density at radius 3 is 1.94 bits per heavy atom. The number of hydrogen-bond acceptors (Lipinski definition) is 4.